The number of imidazole rings is 1. The fourth-order valence-corrected chi connectivity index (χ4v) is 3.81. The van der Waals surface area contributed by atoms with Crippen LogP contribution in [-0.4, -0.2) is 15.5 Å². The number of nitrogens with zero attached hydrogens (tertiary/aromatic N) is 3. The van der Waals surface area contributed by atoms with Gasteiger partial charge in [-0.25, -0.2) is 4.98 Å². The number of benzene rings is 2. The molecule has 3 rings (SSSR count). The van der Waals surface area contributed by atoms with Crippen molar-refractivity contribution in [2.45, 2.75) is 33.2 Å². The number of anilines is 1. The SMILES string of the molecule is CCc1cc(Br)ccc1N(Cc1cncn1C)C(=O)C(C)Cc1ccccc1. The van der Waals surface area contributed by atoms with Crippen molar-refractivity contribution < 1.29 is 4.79 Å². The van der Waals surface area contributed by atoms with Crippen molar-refractivity contribution in [1.82, 2.24) is 9.55 Å². The first-order valence-corrected chi connectivity index (χ1v) is 10.4. The van der Waals surface area contributed by atoms with Gasteiger partial charge in [0.15, 0.2) is 0 Å². The molecule has 0 aliphatic carbocycles. The van der Waals surface area contributed by atoms with E-state index in [0.717, 1.165) is 34.3 Å². The molecule has 1 heterocycles. The van der Waals surface area contributed by atoms with E-state index in [0.29, 0.717) is 6.54 Å². The second-order valence-corrected chi connectivity index (χ2v) is 8.05. The van der Waals surface area contributed by atoms with Gasteiger partial charge in [0.25, 0.3) is 0 Å². The number of rotatable bonds is 7. The van der Waals surface area contributed by atoms with Gasteiger partial charge in [0, 0.05) is 29.3 Å². The highest BCUT2D eigenvalue weighted by Gasteiger charge is 2.25. The van der Waals surface area contributed by atoms with Gasteiger partial charge in [-0.3, -0.25) is 4.79 Å². The number of aromatic nitrogens is 2. The standard InChI is InChI=1S/C23H26BrN3O/c1-4-19-13-20(24)10-11-22(19)27(15-21-14-25-16-26(21)3)23(28)17(2)12-18-8-6-5-7-9-18/h5-11,13-14,16-17H,4,12,15H2,1-3H3. The quantitative estimate of drug-likeness (QED) is 0.509. The molecule has 0 N–H and O–H groups in total. The average Bonchev–Trinajstić information content (AvgIpc) is 3.11. The lowest BCUT2D eigenvalue weighted by Crippen LogP contribution is -2.36. The van der Waals surface area contributed by atoms with Gasteiger partial charge in [-0.15, -0.1) is 0 Å². The molecule has 3 aromatic rings. The van der Waals surface area contributed by atoms with Crippen molar-refractivity contribution in [3.05, 3.63) is 82.3 Å². The summed E-state index contributed by atoms with van der Waals surface area (Å²) in [6, 6.07) is 16.3. The second-order valence-electron chi connectivity index (χ2n) is 7.14. The summed E-state index contributed by atoms with van der Waals surface area (Å²) in [5.41, 5.74) is 4.30. The molecule has 1 aromatic heterocycles. The van der Waals surface area contributed by atoms with Crippen LogP contribution in [-0.2, 0) is 31.2 Å². The topological polar surface area (TPSA) is 38.1 Å². The summed E-state index contributed by atoms with van der Waals surface area (Å²) in [6.45, 7) is 4.63. The van der Waals surface area contributed by atoms with E-state index < -0.39 is 0 Å². The number of hydrogen-bond donors (Lipinski definition) is 0. The van der Waals surface area contributed by atoms with Gasteiger partial charge in [0.05, 0.1) is 18.6 Å². The van der Waals surface area contributed by atoms with Gasteiger partial charge in [-0.2, -0.15) is 0 Å². The summed E-state index contributed by atoms with van der Waals surface area (Å²) in [4.78, 5) is 19.7. The lowest BCUT2D eigenvalue weighted by molar-refractivity contribution is -0.122. The zero-order valence-electron chi connectivity index (χ0n) is 16.6. The molecule has 1 unspecified atom stereocenters. The van der Waals surface area contributed by atoms with E-state index in [9.17, 15) is 4.79 Å². The normalized spacial score (nSPS) is 12.0. The molecule has 0 aliphatic rings. The van der Waals surface area contributed by atoms with Crippen LogP contribution in [0.3, 0.4) is 0 Å². The Morgan fingerprint density at radius 1 is 1.21 bits per heavy atom. The van der Waals surface area contributed by atoms with Crippen LogP contribution >= 0.6 is 15.9 Å². The van der Waals surface area contributed by atoms with E-state index in [4.69, 9.17) is 0 Å². The number of amides is 1. The minimum Gasteiger partial charge on any atom is -0.336 e. The smallest absolute Gasteiger partial charge is 0.230 e. The largest absolute Gasteiger partial charge is 0.336 e. The van der Waals surface area contributed by atoms with E-state index in [1.165, 1.54) is 5.56 Å². The van der Waals surface area contributed by atoms with Crippen molar-refractivity contribution in [2.75, 3.05) is 4.90 Å². The molecular weight excluding hydrogens is 414 g/mol. The maximum Gasteiger partial charge on any atom is 0.230 e. The summed E-state index contributed by atoms with van der Waals surface area (Å²) in [7, 11) is 1.96. The Kier molecular flexibility index (Phi) is 6.68. The third kappa shape index (κ3) is 4.71. The summed E-state index contributed by atoms with van der Waals surface area (Å²) in [5, 5.41) is 0. The fraction of sp³-hybridized carbons (Fsp3) is 0.304. The third-order valence-corrected chi connectivity index (χ3v) is 5.52. The van der Waals surface area contributed by atoms with Gasteiger partial charge in [-0.1, -0.05) is 60.1 Å². The van der Waals surface area contributed by atoms with E-state index >= 15 is 0 Å². The molecule has 4 nitrogen and oxygen atoms in total. The van der Waals surface area contributed by atoms with Crippen LogP contribution in [0.25, 0.3) is 0 Å². The van der Waals surface area contributed by atoms with Gasteiger partial charge < -0.3 is 9.47 Å². The first kappa shape index (κ1) is 20.3. The highest BCUT2D eigenvalue weighted by Crippen LogP contribution is 2.28. The Hall–Kier alpha value is -2.40. The highest BCUT2D eigenvalue weighted by molar-refractivity contribution is 9.10. The molecule has 28 heavy (non-hydrogen) atoms. The second kappa shape index (κ2) is 9.20. The van der Waals surface area contributed by atoms with Crippen LogP contribution in [0.5, 0.6) is 0 Å². The number of halogens is 1. The van der Waals surface area contributed by atoms with Crippen LogP contribution in [0.4, 0.5) is 5.69 Å². The third-order valence-electron chi connectivity index (χ3n) is 5.02. The fourth-order valence-electron chi connectivity index (χ4n) is 3.40. The maximum absolute atomic E-state index is 13.5. The van der Waals surface area contributed by atoms with E-state index in [2.05, 4.69) is 46.0 Å². The zero-order valence-corrected chi connectivity index (χ0v) is 18.2. The zero-order chi connectivity index (χ0) is 20.1. The molecular formula is C23H26BrN3O. The summed E-state index contributed by atoms with van der Waals surface area (Å²) in [6.07, 6.45) is 5.18. The Morgan fingerprint density at radius 3 is 2.61 bits per heavy atom. The van der Waals surface area contributed by atoms with Crippen LogP contribution < -0.4 is 4.90 Å². The monoisotopic (exact) mass is 439 g/mol. The van der Waals surface area contributed by atoms with Crippen LogP contribution in [0.2, 0.25) is 0 Å². The molecule has 0 spiro atoms. The molecule has 5 heteroatoms. The summed E-state index contributed by atoms with van der Waals surface area (Å²) < 4.78 is 2.99. The molecule has 0 bridgehead atoms. The van der Waals surface area contributed by atoms with Gasteiger partial charge >= 0.3 is 0 Å². The molecule has 0 radical (unpaired) electrons. The predicted octanol–water partition coefficient (Wildman–Crippen LogP) is 5.16. The van der Waals surface area contributed by atoms with E-state index in [1.54, 1.807) is 6.33 Å². The van der Waals surface area contributed by atoms with Gasteiger partial charge in [-0.05, 0) is 42.2 Å². The van der Waals surface area contributed by atoms with Crippen molar-refractivity contribution >= 4 is 27.5 Å². The van der Waals surface area contributed by atoms with E-state index in [-0.39, 0.29) is 11.8 Å². The first-order chi connectivity index (χ1) is 13.5. The van der Waals surface area contributed by atoms with Crippen molar-refractivity contribution in [2.24, 2.45) is 13.0 Å². The van der Waals surface area contributed by atoms with Crippen LogP contribution in [0.1, 0.15) is 30.7 Å². The molecule has 2 aromatic carbocycles. The molecule has 0 aliphatic heterocycles. The average molecular weight is 440 g/mol. The molecule has 1 amide bonds. The Balaban J connectivity index is 1.93. The minimum absolute atomic E-state index is 0.121. The molecule has 0 saturated carbocycles. The van der Waals surface area contributed by atoms with E-state index in [1.807, 2.05) is 60.0 Å². The lowest BCUT2D eigenvalue weighted by Gasteiger charge is -2.28. The van der Waals surface area contributed by atoms with Gasteiger partial charge in [0.1, 0.15) is 0 Å². The molecule has 1 atom stereocenters. The van der Waals surface area contributed by atoms with Gasteiger partial charge in [0.2, 0.25) is 5.91 Å². The van der Waals surface area contributed by atoms with Crippen molar-refractivity contribution in [1.29, 1.82) is 0 Å². The number of carbonyl (C=O) groups excluding carboxylic acids is 1. The predicted molar refractivity (Wildman–Crippen MR) is 117 cm³/mol. The molecule has 146 valence electrons. The molecule has 0 saturated heterocycles. The number of carbonyl (C=O) groups is 1. The number of aryl methyl sites for hydroxylation is 2. The number of hydrogen-bond acceptors (Lipinski definition) is 2. The Morgan fingerprint density at radius 2 is 1.96 bits per heavy atom. The lowest BCUT2D eigenvalue weighted by atomic mass is 9.98. The molecule has 0 fully saturated rings. The first-order valence-electron chi connectivity index (χ1n) is 9.58. The summed E-state index contributed by atoms with van der Waals surface area (Å²) in [5.74, 6) is 0.00561. The Bertz CT molecular complexity index is 936. The van der Waals surface area contributed by atoms with Crippen molar-refractivity contribution in [3.63, 3.8) is 0 Å². The van der Waals surface area contributed by atoms with Crippen LogP contribution in [0, 0.1) is 5.92 Å². The highest BCUT2D eigenvalue weighted by atomic mass is 79.9. The van der Waals surface area contributed by atoms with Crippen molar-refractivity contribution in [3.8, 4) is 0 Å². The summed E-state index contributed by atoms with van der Waals surface area (Å²) >= 11 is 3.55. The van der Waals surface area contributed by atoms with Crippen LogP contribution in [0.15, 0.2) is 65.5 Å². The Labute approximate surface area is 175 Å². The maximum atomic E-state index is 13.5. The minimum atomic E-state index is -0.121.